The minimum Gasteiger partial charge on any atom is -0.351 e. The molecule has 0 aliphatic rings. The number of carbonyl (C=O) groups is 1. The van der Waals surface area contributed by atoms with Crippen LogP contribution in [0.5, 0.6) is 0 Å². The number of carbonyl (C=O) groups excluding carboxylic acids is 1. The fourth-order valence-electron chi connectivity index (χ4n) is 1.10. The standard InChI is InChI=1S/C10H12F2N2O.ClH/c1-13-6-10(15)14-5-7-4-8(11)2-3-9(7)12;/h2-4,13H,5-6H2,1H3,(H,14,15);1H. The van der Waals surface area contributed by atoms with Crippen molar-refractivity contribution in [2.45, 2.75) is 6.54 Å². The minimum atomic E-state index is -0.527. The van der Waals surface area contributed by atoms with E-state index in [0.29, 0.717) is 0 Å². The van der Waals surface area contributed by atoms with E-state index in [4.69, 9.17) is 0 Å². The second-order valence-electron chi connectivity index (χ2n) is 3.04. The molecule has 6 heteroatoms. The predicted molar refractivity (Wildman–Crippen MR) is 59.4 cm³/mol. The Labute approximate surface area is 98.6 Å². The highest BCUT2D eigenvalue weighted by Crippen LogP contribution is 2.08. The normalized spacial score (nSPS) is 9.44. The first-order valence-corrected chi connectivity index (χ1v) is 4.48. The monoisotopic (exact) mass is 250 g/mol. The average molecular weight is 251 g/mol. The highest BCUT2D eigenvalue weighted by atomic mass is 35.5. The zero-order valence-corrected chi connectivity index (χ0v) is 9.54. The van der Waals surface area contributed by atoms with Gasteiger partial charge in [-0.25, -0.2) is 8.78 Å². The number of rotatable bonds is 4. The third kappa shape index (κ3) is 4.55. The van der Waals surface area contributed by atoms with E-state index in [9.17, 15) is 13.6 Å². The van der Waals surface area contributed by atoms with Crippen LogP contribution >= 0.6 is 12.4 Å². The Morgan fingerprint density at radius 2 is 2.06 bits per heavy atom. The lowest BCUT2D eigenvalue weighted by molar-refractivity contribution is -0.120. The van der Waals surface area contributed by atoms with Gasteiger partial charge in [0.15, 0.2) is 0 Å². The van der Waals surface area contributed by atoms with Crippen LogP contribution in [0.15, 0.2) is 18.2 Å². The van der Waals surface area contributed by atoms with E-state index in [-0.39, 0.29) is 37.0 Å². The summed E-state index contributed by atoms with van der Waals surface area (Å²) in [6.07, 6.45) is 0. The van der Waals surface area contributed by atoms with Crippen molar-refractivity contribution in [3.63, 3.8) is 0 Å². The summed E-state index contributed by atoms with van der Waals surface area (Å²) in [5, 5.41) is 5.11. The van der Waals surface area contributed by atoms with Crippen LogP contribution in [0.25, 0.3) is 0 Å². The topological polar surface area (TPSA) is 41.1 Å². The van der Waals surface area contributed by atoms with Gasteiger partial charge in [0.05, 0.1) is 6.54 Å². The summed E-state index contributed by atoms with van der Waals surface area (Å²) in [7, 11) is 1.63. The maximum Gasteiger partial charge on any atom is 0.234 e. The lowest BCUT2D eigenvalue weighted by Crippen LogP contribution is -2.31. The van der Waals surface area contributed by atoms with Gasteiger partial charge < -0.3 is 10.6 Å². The largest absolute Gasteiger partial charge is 0.351 e. The summed E-state index contributed by atoms with van der Waals surface area (Å²) >= 11 is 0. The van der Waals surface area contributed by atoms with E-state index >= 15 is 0 Å². The van der Waals surface area contributed by atoms with Crippen LogP contribution in [0.3, 0.4) is 0 Å². The molecule has 1 amide bonds. The minimum absolute atomic E-state index is 0. The molecular formula is C10H13ClF2N2O. The van der Waals surface area contributed by atoms with E-state index in [1.165, 1.54) is 0 Å². The number of halogens is 3. The Bertz CT molecular complexity index is 361. The molecule has 0 atom stereocenters. The van der Waals surface area contributed by atoms with E-state index in [1.54, 1.807) is 7.05 Å². The van der Waals surface area contributed by atoms with Crippen molar-refractivity contribution in [1.29, 1.82) is 0 Å². The van der Waals surface area contributed by atoms with Crippen molar-refractivity contribution < 1.29 is 13.6 Å². The quantitative estimate of drug-likeness (QED) is 0.844. The fourth-order valence-corrected chi connectivity index (χ4v) is 1.10. The van der Waals surface area contributed by atoms with Crippen molar-refractivity contribution in [1.82, 2.24) is 10.6 Å². The van der Waals surface area contributed by atoms with Gasteiger partial charge in [-0.2, -0.15) is 0 Å². The molecule has 90 valence electrons. The highest BCUT2D eigenvalue weighted by molar-refractivity contribution is 5.85. The Balaban J connectivity index is 0.00000225. The molecule has 0 unspecified atom stereocenters. The van der Waals surface area contributed by atoms with E-state index < -0.39 is 11.6 Å². The second-order valence-corrected chi connectivity index (χ2v) is 3.04. The first-order valence-electron chi connectivity index (χ1n) is 4.48. The molecule has 0 aliphatic carbocycles. The Kier molecular flexibility index (Phi) is 6.60. The number of hydrogen-bond acceptors (Lipinski definition) is 2. The maximum atomic E-state index is 13.1. The molecule has 0 fully saturated rings. The highest BCUT2D eigenvalue weighted by Gasteiger charge is 2.05. The molecule has 2 N–H and O–H groups in total. The molecule has 0 bridgehead atoms. The van der Waals surface area contributed by atoms with Crippen molar-refractivity contribution in [2.24, 2.45) is 0 Å². The summed E-state index contributed by atoms with van der Waals surface area (Å²) in [4.78, 5) is 11.0. The molecule has 0 radical (unpaired) electrons. The summed E-state index contributed by atoms with van der Waals surface area (Å²) in [5.74, 6) is -1.31. The van der Waals surface area contributed by atoms with Gasteiger partial charge in [-0.3, -0.25) is 4.79 Å². The number of likely N-dealkylation sites (N-methyl/N-ethyl adjacent to an activating group) is 1. The number of amides is 1. The lowest BCUT2D eigenvalue weighted by Gasteiger charge is -2.05. The van der Waals surface area contributed by atoms with E-state index in [2.05, 4.69) is 10.6 Å². The second kappa shape index (κ2) is 7.14. The number of benzene rings is 1. The SMILES string of the molecule is CNCC(=O)NCc1cc(F)ccc1F.Cl. The summed E-state index contributed by atoms with van der Waals surface area (Å²) in [5.41, 5.74) is 0.138. The first kappa shape index (κ1) is 14.8. The molecule has 16 heavy (non-hydrogen) atoms. The number of hydrogen-bond donors (Lipinski definition) is 2. The molecule has 1 aromatic carbocycles. The molecule has 0 aliphatic heterocycles. The predicted octanol–water partition coefficient (Wildman–Crippen LogP) is 1.22. The van der Waals surface area contributed by atoms with Gasteiger partial charge in [-0.05, 0) is 25.2 Å². The zero-order chi connectivity index (χ0) is 11.3. The molecule has 0 saturated carbocycles. The van der Waals surface area contributed by atoms with Crippen LogP contribution in [0.2, 0.25) is 0 Å². The van der Waals surface area contributed by atoms with E-state index in [1.807, 2.05) is 0 Å². The zero-order valence-electron chi connectivity index (χ0n) is 8.72. The third-order valence-electron chi connectivity index (χ3n) is 1.82. The number of nitrogens with one attached hydrogen (secondary N) is 2. The third-order valence-corrected chi connectivity index (χ3v) is 1.82. The van der Waals surface area contributed by atoms with Gasteiger partial charge in [0, 0.05) is 12.1 Å². The molecular weight excluding hydrogens is 238 g/mol. The van der Waals surface area contributed by atoms with Gasteiger partial charge in [0.1, 0.15) is 11.6 Å². The Hall–Kier alpha value is -1.20. The molecule has 1 rings (SSSR count). The average Bonchev–Trinajstić information content (AvgIpc) is 2.20. The maximum absolute atomic E-state index is 13.1. The van der Waals surface area contributed by atoms with Crippen molar-refractivity contribution in [3.05, 3.63) is 35.4 Å². The smallest absolute Gasteiger partial charge is 0.234 e. The van der Waals surface area contributed by atoms with Gasteiger partial charge in [-0.1, -0.05) is 0 Å². The van der Waals surface area contributed by atoms with Crippen LogP contribution in [-0.4, -0.2) is 19.5 Å². The molecule has 0 aromatic heterocycles. The summed E-state index contributed by atoms with van der Waals surface area (Å²) < 4.78 is 25.8. The Morgan fingerprint density at radius 1 is 1.38 bits per heavy atom. The molecule has 0 saturated heterocycles. The van der Waals surface area contributed by atoms with Crippen molar-refractivity contribution in [3.8, 4) is 0 Å². The van der Waals surface area contributed by atoms with Crippen LogP contribution in [-0.2, 0) is 11.3 Å². The van der Waals surface area contributed by atoms with Crippen molar-refractivity contribution >= 4 is 18.3 Å². The fraction of sp³-hybridized carbons (Fsp3) is 0.300. The molecule has 0 spiro atoms. The van der Waals surface area contributed by atoms with Crippen LogP contribution in [0.4, 0.5) is 8.78 Å². The molecule has 0 heterocycles. The van der Waals surface area contributed by atoms with Gasteiger partial charge >= 0.3 is 0 Å². The van der Waals surface area contributed by atoms with Gasteiger partial charge in [0.25, 0.3) is 0 Å². The van der Waals surface area contributed by atoms with Crippen molar-refractivity contribution in [2.75, 3.05) is 13.6 Å². The molecule has 1 aromatic rings. The van der Waals surface area contributed by atoms with Crippen LogP contribution in [0.1, 0.15) is 5.56 Å². The van der Waals surface area contributed by atoms with Crippen LogP contribution < -0.4 is 10.6 Å². The molecule has 3 nitrogen and oxygen atoms in total. The Morgan fingerprint density at radius 3 is 2.69 bits per heavy atom. The summed E-state index contributed by atoms with van der Waals surface area (Å²) in [6, 6.07) is 3.14. The van der Waals surface area contributed by atoms with Gasteiger partial charge in [-0.15, -0.1) is 12.4 Å². The first-order chi connectivity index (χ1) is 7.13. The van der Waals surface area contributed by atoms with E-state index in [0.717, 1.165) is 18.2 Å². The summed E-state index contributed by atoms with van der Waals surface area (Å²) in [6.45, 7) is 0.140. The van der Waals surface area contributed by atoms with Crippen LogP contribution in [0, 0.1) is 11.6 Å². The van der Waals surface area contributed by atoms with Gasteiger partial charge in [0.2, 0.25) is 5.91 Å². The lowest BCUT2D eigenvalue weighted by atomic mass is 10.2.